The lowest BCUT2D eigenvalue weighted by Crippen LogP contribution is -2.29. The summed E-state index contributed by atoms with van der Waals surface area (Å²) in [5, 5.41) is 0.660. The lowest BCUT2D eigenvalue weighted by atomic mass is 9.87. The molecule has 0 atom stereocenters. The van der Waals surface area contributed by atoms with E-state index in [0.29, 0.717) is 5.01 Å². The van der Waals surface area contributed by atoms with E-state index in [1.54, 1.807) is 0 Å². The summed E-state index contributed by atoms with van der Waals surface area (Å²) in [7, 11) is 0. The predicted molar refractivity (Wildman–Crippen MR) is 113 cm³/mol. The summed E-state index contributed by atoms with van der Waals surface area (Å²) in [6.45, 7) is 7.20. The van der Waals surface area contributed by atoms with Gasteiger partial charge in [-0.05, 0) is 25.3 Å². The van der Waals surface area contributed by atoms with E-state index in [1.807, 2.05) is 13.8 Å². The van der Waals surface area contributed by atoms with Crippen molar-refractivity contribution < 1.29 is 13.2 Å². The van der Waals surface area contributed by atoms with Crippen molar-refractivity contribution in [1.29, 1.82) is 0 Å². The van der Waals surface area contributed by atoms with Crippen LogP contribution in [0.25, 0.3) is 0 Å². The van der Waals surface area contributed by atoms with Crippen molar-refractivity contribution in [2.75, 3.05) is 19.6 Å². The highest BCUT2D eigenvalue weighted by Crippen LogP contribution is 2.29. The Morgan fingerprint density at radius 3 is 2.36 bits per heavy atom. The molecule has 160 valence electrons. The van der Waals surface area contributed by atoms with E-state index < -0.39 is 12.6 Å². The molecule has 2 heterocycles. The summed E-state index contributed by atoms with van der Waals surface area (Å²) in [5.41, 5.74) is 1.05. The van der Waals surface area contributed by atoms with E-state index in [9.17, 15) is 13.2 Å². The molecule has 0 spiro atoms. The van der Waals surface area contributed by atoms with E-state index in [4.69, 9.17) is 0 Å². The zero-order valence-electron chi connectivity index (χ0n) is 17.4. The van der Waals surface area contributed by atoms with Crippen LogP contribution < -0.4 is 0 Å². The van der Waals surface area contributed by atoms with Crippen molar-refractivity contribution in [2.24, 2.45) is 5.92 Å². The maximum atomic E-state index is 12.3. The van der Waals surface area contributed by atoms with Crippen LogP contribution in [-0.2, 0) is 19.3 Å². The minimum absolute atomic E-state index is 0.0343. The standard InChI is InChI=1S/C18H27F3N2S.C2H6.C2H2/c19-18(20,21)10-6-17-22-15-8-12-23(13-9-16(15)24-17)11-7-14-4-2-1-3-5-14;2*1-2/h14H,1-13H2;1-2H3;1-2H. The normalized spacial score (nSPS) is 18.1. The first kappa shape index (κ1) is 25.0. The number of alkyl halides is 3. The van der Waals surface area contributed by atoms with Crippen LogP contribution in [0.1, 0.15) is 74.4 Å². The van der Waals surface area contributed by atoms with E-state index >= 15 is 0 Å². The number of fused-ring (bicyclic) bond motifs is 1. The van der Waals surface area contributed by atoms with Gasteiger partial charge < -0.3 is 4.90 Å². The summed E-state index contributed by atoms with van der Waals surface area (Å²) in [6.07, 6.45) is 13.3. The fraction of sp³-hybridized carbons (Fsp3) is 0.773. The minimum atomic E-state index is -4.08. The first-order valence-electron chi connectivity index (χ1n) is 10.6. The second-order valence-electron chi connectivity index (χ2n) is 7.23. The van der Waals surface area contributed by atoms with Crippen LogP contribution in [0.15, 0.2) is 0 Å². The molecule has 2 aliphatic rings. The molecular formula is C22H35F3N2S. The topological polar surface area (TPSA) is 16.1 Å². The highest BCUT2D eigenvalue weighted by Gasteiger charge is 2.28. The molecule has 0 aromatic carbocycles. The van der Waals surface area contributed by atoms with Crippen LogP contribution in [0.2, 0.25) is 0 Å². The highest BCUT2D eigenvalue weighted by atomic mass is 32.1. The molecule has 1 saturated carbocycles. The Hall–Kier alpha value is -1.06. The largest absolute Gasteiger partial charge is 0.389 e. The monoisotopic (exact) mass is 416 g/mol. The Kier molecular flexibility index (Phi) is 11.8. The predicted octanol–water partition coefficient (Wildman–Crippen LogP) is 6.28. The summed E-state index contributed by atoms with van der Waals surface area (Å²) >= 11 is 1.50. The zero-order chi connectivity index (χ0) is 21.0. The molecule has 1 aliphatic carbocycles. The summed E-state index contributed by atoms with van der Waals surface area (Å²) in [6, 6.07) is 0. The van der Waals surface area contributed by atoms with Crippen LogP contribution in [0.3, 0.4) is 0 Å². The number of terminal acetylenes is 1. The van der Waals surface area contributed by atoms with Gasteiger partial charge in [-0.3, -0.25) is 0 Å². The van der Waals surface area contributed by atoms with Crippen molar-refractivity contribution >= 4 is 11.3 Å². The van der Waals surface area contributed by atoms with Gasteiger partial charge in [-0.15, -0.1) is 24.2 Å². The molecule has 0 N–H and O–H groups in total. The lowest BCUT2D eigenvalue weighted by molar-refractivity contribution is -0.134. The van der Waals surface area contributed by atoms with Crippen molar-refractivity contribution in [3.05, 3.63) is 15.6 Å². The highest BCUT2D eigenvalue weighted by molar-refractivity contribution is 7.11. The SMILES string of the molecule is C#C.CC.FC(F)(F)CCc1nc2c(s1)CCN(CCC1CCCCC1)CC2. The second kappa shape index (κ2) is 13.2. The maximum Gasteiger partial charge on any atom is 0.389 e. The molecule has 0 unspecified atom stereocenters. The molecule has 0 amide bonds. The summed E-state index contributed by atoms with van der Waals surface area (Å²) in [4.78, 5) is 8.23. The number of rotatable bonds is 5. The van der Waals surface area contributed by atoms with Crippen LogP contribution in [0.4, 0.5) is 13.2 Å². The van der Waals surface area contributed by atoms with E-state index in [2.05, 4.69) is 22.7 Å². The van der Waals surface area contributed by atoms with Crippen LogP contribution in [0, 0.1) is 18.8 Å². The minimum Gasteiger partial charge on any atom is -0.303 e. The Morgan fingerprint density at radius 2 is 1.71 bits per heavy atom. The van der Waals surface area contributed by atoms with Gasteiger partial charge in [0.2, 0.25) is 0 Å². The molecule has 1 aliphatic heterocycles. The first-order valence-corrected chi connectivity index (χ1v) is 11.4. The van der Waals surface area contributed by atoms with Crippen molar-refractivity contribution in [3.63, 3.8) is 0 Å². The number of thiazole rings is 1. The Balaban J connectivity index is 0.000000921. The number of aryl methyl sites for hydroxylation is 1. The third-order valence-corrected chi connectivity index (χ3v) is 6.56. The van der Waals surface area contributed by atoms with Gasteiger partial charge in [0.1, 0.15) is 0 Å². The first-order chi connectivity index (χ1) is 13.5. The van der Waals surface area contributed by atoms with Gasteiger partial charge in [-0.1, -0.05) is 46.0 Å². The molecule has 1 aromatic heterocycles. The molecule has 3 rings (SSSR count). The van der Waals surface area contributed by atoms with E-state index in [-0.39, 0.29) is 6.42 Å². The van der Waals surface area contributed by atoms with Gasteiger partial charge in [0.05, 0.1) is 10.7 Å². The zero-order valence-corrected chi connectivity index (χ0v) is 18.2. The Morgan fingerprint density at radius 1 is 1.07 bits per heavy atom. The van der Waals surface area contributed by atoms with Gasteiger partial charge >= 0.3 is 6.18 Å². The molecule has 28 heavy (non-hydrogen) atoms. The van der Waals surface area contributed by atoms with Gasteiger partial charge in [0.15, 0.2) is 0 Å². The third-order valence-electron chi connectivity index (χ3n) is 5.34. The van der Waals surface area contributed by atoms with Crippen LogP contribution in [0.5, 0.6) is 0 Å². The number of nitrogens with zero attached hydrogens (tertiary/aromatic N) is 2. The average Bonchev–Trinajstić information content (AvgIpc) is 3.02. The average molecular weight is 417 g/mol. The van der Waals surface area contributed by atoms with E-state index in [0.717, 1.165) is 37.5 Å². The van der Waals surface area contributed by atoms with Crippen LogP contribution in [-0.4, -0.2) is 35.7 Å². The molecule has 0 saturated heterocycles. The molecule has 0 bridgehead atoms. The Bertz CT molecular complexity index is 534. The molecule has 0 radical (unpaired) electrons. The van der Waals surface area contributed by atoms with Crippen LogP contribution >= 0.6 is 11.3 Å². The number of hydrogen-bond donors (Lipinski definition) is 0. The third kappa shape index (κ3) is 8.96. The van der Waals surface area contributed by atoms with Crippen molar-refractivity contribution in [3.8, 4) is 12.8 Å². The number of aromatic nitrogens is 1. The lowest BCUT2D eigenvalue weighted by Gasteiger charge is -2.26. The fourth-order valence-electron chi connectivity index (χ4n) is 3.88. The van der Waals surface area contributed by atoms with Crippen molar-refractivity contribution in [1.82, 2.24) is 9.88 Å². The van der Waals surface area contributed by atoms with Crippen molar-refractivity contribution in [2.45, 2.75) is 84.2 Å². The number of hydrogen-bond acceptors (Lipinski definition) is 3. The smallest absolute Gasteiger partial charge is 0.303 e. The second-order valence-corrected chi connectivity index (χ2v) is 8.40. The van der Waals surface area contributed by atoms with Gasteiger partial charge in [-0.25, -0.2) is 4.98 Å². The van der Waals surface area contributed by atoms with E-state index in [1.165, 1.54) is 61.3 Å². The molecule has 2 nitrogen and oxygen atoms in total. The molecule has 6 heteroatoms. The molecule has 1 aromatic rings. The maximum absolute atomic E-state index is 12.3. The van der Waals surface area contributed by atoms with Gasteiger partial charge in [0.25, 0.3) is 0 Å². The number of halogens is 3. The summed E-state index contributed by atoms with van der Waals surface area (Å²) < 4.78 is 37.0. The quantitative estimate of drug-likeness (QED) is 0.525. The Labute approximate surface area is 172 Å². The fourth-order valence-corrected chi connectivity index (χ4v) is 4.99. The molecule has 1 fully saturated rings. The van der Waals surface area contributed by atoms with Gasteiger partial charge in [-0.2, -0.15) is 13.2 Å². The summed E-state index contributed by atoms with van der Waals surface area (Å²) in [5.74, 6) is 0.906. The van der Waals surface area contributed by atoms with Gasteiger partial charge in [0, 0.05) is 37.2 Å². The molecular weight excluding hydrogens is 381 g/mol.